The molecule has 2 N–H and O–H groups in total. The van der Waals surface area contributed by atoms with Gasteiger partial charge in [0.05, 0.1) is 6.42 Å². The predicted molar refractivity (Wildman–Crippen MR) is 81.5 cm³/mol. The number of hydrogen-bond acceptors (Lipinski definition) is 3. The summed E-state index contributed by atoms with van der Waals surface area (Å²) in [6.45, 7) is 4.11. The summed E-state index contributed by atoms with van der Waals surface area (Å²) in [7, 11) is 0. The average Bonchev–Trinajstić information content (AvgIpc) is 2.41. The molecule has 1 heterocycles. The molecule has 0 unspecified atom stereocenters. The van der Waals surface area contributed by atoms with E-state index >= 15 is 0 Å². The van der Waals surface area contributed by atoms with E-state index in [0.29, 0.717) is 0 Å². The number of primary amides is 1. The van der Waals surface area contributed by atoms with Gasteiger partial charge in [0, 0.05) is 11.1 Å². The second kappa shape index (κ2) is 6.57. The molecule has 1 aromatic heterocycles. The third-order valence-electron chi connectivity index (χ3n) is 2.94. The van der Waals surface area contributed by atoms with Crippen LogP contribution in [0.2, 0.25) is 0 Å². The van der Waals surface area contributed by atoms with Crippen molar-refractivity contribution in [3.63, 3.8) is 0 Å². The Bertz CT molecular complexity index is 608. The lowest BCUT2D eigenvalue weighted by Crippen LogP contribution is -2.13. The van der Waals surface area contributed by atoms with Crippen molar-refractivity contribution in [3.05, 3.63) is 59.6 Å². The Labute approximate surface area is 123 Å². The van der Waals surface area contributed by atoms with Gasteiger partial charge in [0.2, 0.25) is 5.91 Å². The number of pyridine rings is 1. The fraction of sp³-hybridized carbons (Fsp3) is 0.188. The molecule has 0 aliphatic carbocycles. The van der Waals surface area contributed by atoms with Crippen LogP contribution < -0.4 is 5.73 Å². The smallest absolute Gasteiger partial charge is 0.226 e. The normalized spacial score (nSPS) is 10.5. The van der Waals surface area contributed by atoms with Crippen LogP contribution in [0.4, 0.5) is 0 Å². The Morgan fingerprint density at radius 2 is 2.00 bits per heavy atom. The molecule has 0 bridgehead atoms. The Hall–Kier alpha value is -1.81. The van der Waals surface area contributed by atoms with Crippen molar-refractivity contribution >= 4 is 17.7 Å². The van der Waals surface area contributed by atoms with Gasteiger partial charge in [-0.15, -0.1) is 0 Å². The van der Waals surface area contributed by atoms with Crippen LogP contribution in [0.15, 0.2) is 46.5 Å². The van der Waals surface area contributed by atoms with Crippen LogP contribution in [0.5, 0.6) is 0 Å². The molecule has 20 heavy (non-hydrogen) atoms. The summed E-state index contributed by atoms with van der Waals surface area (Å²) in [4.78, 5) is 16.6. The van der Waals surface area contributed by atoms with E-state index in [2.05, 4.69) is 43.1 Å². The number of aromatic nitrogens is 1. The zero-order chi connectivity index (χ0) is 14.5. The summed E-state index contributed by atoms with van der Waals surface area (Å²) in [5.41, 5.74) is 8.38. The third kappa shape index (κ3) is 3.61. The molecular weight excluding hydrogens is 268 g/mol. The van der Waals surface area contributed by atoms with E-state index in [1.165, 1.54) is 12.0 Å². The van der Waals surface area contributed by atoms with Crippen LogP contribution in [0.1, 0.15) is 23.6 Å². The number of nitrogens with two attached hydrogens (primary N) is 1. The highest BCUT2D eigenvalue weighted by Gasteiger charge is 2.11. The number of hydrogen-bond donors (Lipinski definition) is 1. The van der Waals surface area contributed by atoms with E-state index in [1.54, 1.807) is 18.0 Å². The highest BCUT2D eigenvalue weighted by atomic mass is 32.2. The Morgan fingerprint density at radius 3 is 2.60 bits per heavy atom. The number of carbonyl (C=O) groups is 1. The lowest BCUT2D eigenvalue weighted by molar-refractivity contribution is -0.114. The minimum absolute atomic E-state index is 0.433. The van der Waals surface area contributed by atoms with Crippen molar-refractivity contribution in [3.8, 4) is 0 Å². The van der Waals surface area contributed by atoms with E-state index in [-0.39, 0.29) is 0 Å². The number of benzene rings is 1. The monoisotopic (exact) mass is 285 g/mol. The molecule has 1 radical (unpaired) electrons. The molecule has 2 aromatic rings. The molecule has 4 heteroatoms. The summed E-state index contributed by atoms with van der Waals surface area (Å²) < 4.78 is 0. The highest BCUT2D eigenvalue weighted by molar-refractivity contribution is 7.99. The summed E-state index contributed by atoms with van der Waals surface area (Å²) in [5, 5.41) is 0.923. The van der Waals surface area contributed by atoms with Gasteiger partial charge >= 0.3 is 0 Å². The van der Waals surface area contributed by atoms with Gasteiger partial charge in [-0.3, -0.25) is 4.79 Å². The zero-order valence-electron chi connectivity index (χ0n) is 11.6. The molecule has 2 rings (SSSR count). The van der Waals surface area contributed by atoms with Crippen LogP contribution in [-0.4, -0.2) is 10.9 Å². The summed E-state index contributed by atoms with van der Waals surface area (Å²) in [6, 6.07) is 10.1. The molecule has 1 aromatic carbocycles. The lowest BCUT2D eigenvalue weighted by atomic mass is 10.1. The van der Waals surface area contributed by atoms with E-state index in [9.17, 15) is 4.79 Å². The van der Waals surface area contributed by atoms with Crippen molar-refractivity contribution in [1.82, 2.24) is 4.98 Å². The van der Waals surface area contributed by atoms with Gasteiger partial charge in [-0.05, 0) is 42.7 Å². The van der Waals surface area contributed by atoms with E-state index in [4.69, 9.17) is 5.73 Å². The highest BCUT2D eigenvalue weighted by Crippen LogP contribution is 2.31. The SMILES string of the molecule is CCc1c([CH]C(N)=O)ccnc1Sc1ccc(C)cc1. The van der Waals surface area contributed by atoms with E-state index in [1.807, 2.05) is 6.07 Å². The Morgan fingerprint density at radius 1 is 1.30 bits per heavy atom. The maximum absolute atomic E-state index is 11.1. The topological polar surface area (TPSA) is 56.0 Å². The number of rotatable bonds is 5. The lowest BCUT2D eigenvalue weighted by Gasteiger charge is -2.11. The summed E-state index contributed by atoms with van der Waals surface area (Å²) in [5.74, 6) is -0.433. The Kier molecular flexibility index (Phi) is 4.79. The van der Waals surface area contributed by atoms with Crippen molar-refractivity contribution in [2.75, 3.05) is 0 Å². The molecule has 0 spiro atoms. The minimum Gasteiger partial charge on any atom is -0.369 e. The first kappa shape index (κ1) is 14.6. The molecule has 0 atom stereocenters. The largest absolute Gasteiger partial charge is 0.369 e. The van der Waals surface area contributed by atoms with Crippen LogP contribution in [0, 0.1) is 13.3 Å². The number of amides is 1. The van der Waals surface area contributed by atoms with Crippen LogP contribution in [0.25, 0.3) is 0 Å². The molecular formula is C16H17N2OS. The molecule has 0 fully saturated rings. The van der Waals surface area contributed by atoms with Gasteiger partial charge in [0.15, 0.2) is 0 Å². The van der Waals surface area contributed by atoms with E-state index < -0.39 is 5.91 Å². The molecule has 3 nitrogen and oxygen atoms in total. The maximum atomic E-state index is 11.1. The zero-order valence-corrected chi connectivity index (χ0v) is 12.4. The van der Waals surface area contributed by atoms with Crippen molar-refractivity contribution in [2.24, 2.45) is 5.73 Å². The van der Waals surface area contributed by atoms with Gasteiger partial charge in [0.1, 0.15) is 5.03 Å². The van der Waals surface area contributed by atoms with Gasteiger partial charge in [-0.2, -0.15) is 0 Å². The fourth-order valence-corrected chi connectivity index (χ4v) is 2.93. The summed E-state index contributed by atoms with van der Waals surface area (Å²) in [6.07, 6.45) is 3.98. The molecule has 0 saturated heterocycles. The van der Waals surface area contributed by atoms with Crippen molar-refractivity contribution in [2.45, 2.75) is 30.2 Å². The third-order valence-corrected chi connectivity index (χ3v) is 3.99. The van der Waals surface area contributed by atoms with Crippen LogP contribution in [-0.2, 0) is 11.2 Å². The first-order chi connectivity index (χ1) is 9.60. The van der Waals surface area contributed by atoms with Crippen LogP contribution in [0.3, 0.4) is 0 Å². The average molecular weight is 285 g/mol. The Balaban J connectivity index is 2.31. The molecule has 0 aliphatic rings. The quantitative estimate of drug-likeness (QED) is 0.918. The van der Waals surface area contributed by atoms with Crippen molar-refractivity contribution in [1.29, 1.82) is 0 Å². The first-order valence-electron chi connectivity index (χ1n) is 6.46. The van der Waals surface area contributed by atoms with Gasteiger partial charge in [-0.25, -0.2) is 4.98 Å². The molecule has 1 amide bonds. The fourth-order valence-electron chi connectivity index (χ4n) is 1.94. The van der Waals surface area contributed by atoms with Gasteiger partial charge in [-0.1, -0.05) is 36.4 Å². The van der Waals surface area contributed by atoms with Crippen LogP contribution >= 0.6 is 11.8 Å². The van der Waals surface area contributed by atoms with E-state index in [0.717, 1.165) is 27.5 Å². The molecule has 0 saturated carbocycles. The van der Waals surface area contributed by atoms with Gasteiger partial charge < -0.3 is 5.73 Å². The second-order valence-corrected chi connectivity index (χ2v) is 5.56. The summed E-state index contributed by atoms with van der Waals surface area (Å²) >= 11 is 1.61. The first-order valence-corrected chi connectivity index (χ1v) is 7.28. The molecule has 103 valence electrons. The standard InChI is InChI=1S/C16H17N2OS/c1-3-14-12(10-15(17)19)8-9-18-16(14)20-13-6-4-11(2)5-7-13/h4-10H,3H2,1-2H3,(H2,17,19). The predicted octanol–water partition coefficient (Wildman–Crippen LogP) is 3.14. The number of aryl methyl sites for hydroxylation is 1. The second-order valence-electron chi connectivity index (χ2n) is 4.50. The van der Waals surface area contributed by atoms with Gasteiger partial charge in [0.25, 0.3) is 0 Å². The molecule has 0 aliphatic heterocycles. The minimum atomic E-state index is -0.433. The number of carbonyl (C=O) groups excluding carboxylic acids is 1. The number of nitrogens with zero attached hydrogens (tertiary/aromatic N) is 1. The maximum Gasteiger partial charge on any atom is 0.226 e. The van der Waals surface area contributed by atoms with Crippen molar-refractivity contribution < 1.29 is 4.79 Å².